The molecule has 25 heavy (non-hydrogen) atoms. The lowest BCUT2D eigenvalue weighted by Gasteiger charge is -2.27. The summed E-state index contributed by atoms with van der Waals surface area (Å²) in [6.45, 7) is 2.74. The second-order valence-corrected chi connectivity index (χ2v) is 6.63. The van der Waals surface area contributed by atoms with Crippen LogP contribution in [-0.2, 0) is 0 Å². The number of phenolic OH excluding ortho intramolecular Hbond substituents is 1. The Bertz CT molecular complexity index is 742. The lowest BCUT2D eigenvalue weighted by Crippen LogP contribution is -2.28. The summed E-state index contributed by atoms with van der Waals surface area (Å²) in [5.74, 6) is 1.07. The Morgan fingerprint density at radius 2 is 2.00 bits per heavy atom. The van der Waals surface area contributed by atoms with Crippen LogP contribution in [0, 0.1) is 0 Å². The molecule has 1 aliphatic rings. The third kappa shape index (κ3) is 4.33. The molecule has 0 aliphatic carbocycles. The average Bonchev–Trinajstić information content (AvgIpc) is 3.16. The normalized spacial score (nSPS) is 16.4. The van der Waals surface area contributed by atoms with E-state index >= 15 is 0 Å². The van der Waals surface area contributed by atoms with Crippen molar-refractivity contribution in [1.82, 2.24) is 4.90 Å². The Kier molecular flexibility index (Phi) is 5.95. The van der Waals surface area contributed by atoms with Crippen LogP contribution in [0.15, 0.2) is 47.5 Å². The van der Waals surface area contributed by atoms with Crippen LogP contribution in [0.25, 0.3) is 0 Å². The Labute approximate surface area is 153 Å². The van der Waals surface area contributed by atoms with E-state index in [1.54, 1.807) is 31.5 Å². The molecule has 1 N–H and O–H groups in total. The van der Waals surface area contributed by atoms with E-state index in [2.05, 4.69) is 16.0 Å². The second kappa shape index (κ2) is 8.37. The zero-order valence-corrected chi connectivity index (χ0v) is 15.1. The van der Waals surface area contributed by atoms with Gasteiger partial charge in [0.05, 0.1) is 19.7 Å². The van der Waals surface area contributed by atoms with Crippen molar-refractivity contribution in [2.75, 3.05) is 26.7 Å². The summed E-state index contributed by atoms with van der Waals surface area (Å²) in [5.41, 5.74) is 1.78. The number of aliphatic imine (C=N–C) groups is 1. The molecule has 2 aromatic carbocycles. The number of benzene rings is 2. The highest BCUT2D eigenvalue weighted by molar-refractivity contribution is 6.30. The van der Waals surface area contributed by atoms with Gasteiger partial charge in [-0.2, -0.15) is 0 Å². The molecule has 3 rings (SSSR count). The number of hydrogen-bond acceptors (Lipinski definition) is 4. The number of rotatable bonds is 6. The molecule has 0 saturated carbocycles. The lowest BCUT2D eigenvalue weighted by atomic mass is 10.0. The molecule has 0 amide bonds. The number of nitrogens with zero attached hydrogens (tertiary/aromatic N) is 2. The van der Waals surface area contributed by atoms with E-state index < -0.39 is 0 Å². The van der Waals surface area contributed by atoms with Gasteiger partial charge in [0.15, 0.2) is 0 Å². The maximum Gasteiger partial charge on any atom is 0.124 e. The standard InChI is InChI=1S/C20H23ClN2O2/c1-25-20-7-3-2-6-17(20)18(23-10-4-5-11-23)14-22-13-15-12-16(21)8-9-19(15)24/h2-3,6-9,12-13,18,24H,4-5,10-11,14H2,1H3/t18-/m1/s1. The Hall–Kier alpha value is -2.04. The number of likely N-dealkylation sites (tertiary alicyclic amines) is 1. The van der Waals surface area contributed by atoms with Crippen LogP contribution in [-0.4, -0.2) is 43.0 Å². The smallest absolute Gasteiger partial charge is 0.124 e. The predicted molar refractivity (Wildman–Crippen MR) is 102 cm³/mol. The van der Waals surface area contributed by atoms with E-state index in [9.17, 15) is 5.11 Å². The van der Waals surface area contributed by atoms with Crippen molar-refractivity contribution in [3.05, 3.63) is 58.6 Å². The minimum absolute atomic E-state index is 0.163. The zero-order valence-electron chi connectivity index (χ0n) is 14.4. The molecule has 1 aliphatic heterocycles. The van der Waals surface area contributed by atoms with Gasteiger partial charge in [0.2, 0.25) is 0 Å². The van der Waals surface area contributed by atoms with Gasteiger partial charge in [-0.3, -0.25) is 9.89 Å². The minimum atomic E-state index is 0.163. The van der Waals surface area contributed by atoms with E-state index in [1.165, 1.54) is 12.8 Å². The van der Waals surface area contributed by atoms with Gasteiger partial charge >= 0.3 is 0 Å². The number of aromatic hydroxyl groups is 1. The molecule has 5 heteroatoms. The topological polar surface area (TPSA) is 45.1 Å². The molecule has 0 spiro atoms. The maximum absolute atomic E-state index is 9.93. The molecule has 132 valence electrons. The van der Waals surface area contributed by atoms with Gasteiger partial charge < -0.3 is 9.84 Å². The molecule has 0 bridgehead atoms. The van der Waals surface area contributed by atoms with Gasteiger partial charge in [0.25, 0.3) is 0 Å². The molecule has 4 nitrogen and oxygen atoms in total. The first-order valence-corrected chi connectivity index (χ1v) is 8.92. The molecule has 2 aromatic rings. The van der Waals surface area contributed by atoms with Crippen LogP contribution in [0.4, 0.5) is 0 Å². The molecular weight excluding hydrogens is 336 g/mol. The largest absolute Gasteiger partial charge is 0.507 e. The van der Waals surface area contributed by atoms with Crippen molar-refractivity contribution in [1.29, 1.82) is 0 Å². The Balaban J connectivity index is 1.83. The van der Waals surface area contributed by atoms with Crippen LogP contribution < -0.4 is 4.74 Å². The summed E-state index contributed by atoms with van der Waals surface area (Å²) >= 11 is 6.00. The zero-order chi connectivity index (χ0) is 17.6. The summed E-state index contributed by atoms with van der Waals surface area (Å²) in [4.78, 5) is 7.05. The summed E-state index contributed by atoms with van der Waals surface area (Å²) in [6, 6.07) is 13.2. The van der Waals surface area contributed by atoms with E-state index in [0.717, 1.165) is 24.4 Å². The van der Waals surface area contributed by atoms with Gasteiger partial charge in [-0.15, -0.1) is 0 Å². The molecule has 1 fully saturated rings. The Morgan fingerprint density at radius 3 is 2.76 bits per heavy atom. The average molecular weight is 359 g/mol. The SMILES string of the molecule is COc1ccccc1[C@@H](CN=Cc1cc(Cl)ccc1O)N1CCCC1. The van der Waals surface area contributed by atoms with E-state index in [0.29, 0.717) is 17.1 Å². The number of ether oxygens (including phenoxy) is 1. The highest BCUT2D eigenvalue weighted by atomic mass is 35.5. The first kappa shape index (κ1) is 17.8. The molecule has 1 atom stereocenters. The number of para-hydroxylation sites is 1. The fraction of sp³-hybridized carbons (Fsp3) is 0.350. The first-order valence-electron chi connectivity index (χ1n) is 8.54. The molecule has 0 radical (unpaired) electrons. The van der Waals surface area contributed by atoms with E-state index in [4.69, 9.17) is 16.3 Å². The third-order valence-corrected chi connectivity index (χ3v) is 4.81. The first-order chi connectivity index (χ1) is 12.2. The van der Waals surface area contributed by atoms with E-state index in [-0.39, 0.29) is 11.8 Å². The van der Waals surface area contributed by atoms with Crippen LogP contribution in [0.5, 0.6) is 11.5 Å². The van der Waals surface area contributed by atoms with Crippen molar-refractivity contribution in [3.63, 3.8) is 0 Å². The fourth-order valence-electron chi connectivity index (χ4n) is 3.29. The van der Waals surface area contributed by atoms with Gasteiger partial charge in [0, 0.05) is 22.4 Å². The number of halogens is 1. The molecule has 0 aromatic heterocycles. The number of phenols is 1. The summed E-state index contributed by atoms with van der Waals surface area (Å²) < 4.78 is 5.55. The van der Waals surface area contributed by atoms with Crippen LogP contribution in [0.1, 0.15) is 30.0 Å². The maximum atomic E-state index is 9.93. The third-order valence-electron chi connectivity index (χ3n) is 4.58. The van der Waals surface area contributed by atoms with Crippen LogP contribution in [0.3, 0.4) is 0 Å². The molecule has 1 heterocycles. The minimum Gasteiger partial charge on any atom is -0.507 e. The van der Waals surface area contributed by atoms with Gasteiger partial charge in [0.1, 0.15) is 11.5 Å². The van der Waals surface area contributed by atoms with Crippen molar-refractivity contribution < 1.29 is 9.84 Å². The molecule has 1 saturated heterocycles. The summed E-state index contributed by atoms with van der Waals surface area (Å²) in [5, 5.41) is 10.5. The lowest BCUT2D eigenvalue weighted by molar-refractivity contribution is 0.246. The van der Waals surface area contributed by atoms with E-state index in [1.807, 2.05) is 18.2 Å². The second-order valence-electron chi connectivity index (χ2n) is 6.20. The molecule has 0 unspecified atom stereocenters. The van der Waals surface area contributed by atoms with Crippen LogP contribution >= 0.6 is 11.6 Å². The van der Waals surface area contributed by atoms with Crippen molar-refractivity contribution >= 4 is 17.8 Å². The van der Waals surface area contributed by atoms with Crippen molar-refractivity contribution in [3.8, 4) is 11.5 Å². The fourth-order valence-corrected chi connectivity index (χ4v) is 3.47. The highest BCUT2D eigenvalue weighted by Gasteiger charge is 2.25. The molecular formula is C20H23ClN2O2. The van der Waals surface area contributed by atoms with Crippen molar-refractivity contribution in [2.45, 2.75) is 18.9 Å². The predicted octanol–water partition coefficient (Wildman–Crippen LogP) is 4.31. The Morgan fingerprint density at radius 1 is 1.24 bits per heavy atom. The summed E-state index contributed by atoms with van der Waals surface area (Å²) in [7, 11) is 1.70. The summed E-state index contributed by atoms with van der Waals surface area (Å²) in [6.07, 6.45) is 4.12. The monoisotopic (exact) mass is 358 g/mol. The van der Waals surface area contributed by atoms with Crippen LogP contribution in [0.2, 0.25) is 5.02 Å². The van der Waals surface area contributed by atoms with Gasteiger partial charge in [-0.05, 0) is 50.2 Å². The quantitative estimate of drug-likeness (QED) is 0.782. The number of hydrogen-bond donors (Lipinski definition) is 1. The van der Waals surface area contributed by atoms with Gasteiger partial charge in [-0.1, -0.05) is 29.8 Å². The van der Waals surface area contributed by atoms with Gasteiger partial charge in [-0.25, -0.2) is 0 Å². The highest BCUT2D eigenvalue weighted by Crippen LogP contribution is 2.32. The number of methoxy groups -OCH3 is 1. The van der Waals surface area contributed by atoms with Crippen molar-refractivity contribution in [2.24, 2.45) is 4.99 Å².